The zero-order valence-electron chi connectivity index (χ0n) is 9.01. The largest absolute Gasteiger partial charge is 0.481 e. The van der Waals surface area contributed by atoms with Crippen molar-refractivity contribution in [3.63, 3.8) is 0 Å². The van der Waals surface area contributed by atoms with Crippen molar-refractivity contribution in [2.75, 3.05) is 0 Å². The van der Waals surface area contributed by atoms with Crippen LogP contribution in [0.25, 0.3) is 0 Å². The predicted molar refractivity (Wildman–Crippen MR) is 54.3 cm³/mol. The van der Waals surface area contributed by atoms with E-state index in [1.807, 2.05) is 0 Å². The Balaban J connectivity index is 2.17. The molecule has 1 aromatic heterocycles. The Morgan fingerprint density at radius 1 is 1.50 bits per heavy atom. The number of aromatic nitrogens is 3. The number of nitrogens with one attached hydrogen (secondary N) is 1. The maximum absolute atomic E-state index is 11.2. The van der Waals surface area contributed by atoms with Gasteiger partial charge in [0.2, 0.25) is 5.91 Å². The lowest BCUT2D eigenvalue weighted by Crippen LogP contribution is -2.23. The summed E-state index contributed by atoms with van der Waals surface area (Å²) >= 11 is 0. The molecule has 0 bridgehead atoms. The van der Waals surface area contributed by atoms with Gasteiger partial charge in [0.1, 0.15) is 6.33 Å². The molecule has 0 aromatic carbocycles. The molecule has 0 aliphatic heterocycles. The van der Waals surface area contributed by atoms with Crippen LogP contribution < -0.4 is 5.32 Å². The van der Waals surface area contributed by atoms with Crippen LogP contribution in [-0.4, -0.2) is 31.7 Å². The normalized spacial score (nSPS) is 10.1. The molecule has 2 N–H and O–H groups in total. The summed E-state index contributed by atoms with van der Waals surface area (Å²) in [6.07, 6.45) is 2.11. The van der Waals surface area contributed by atoms with Crippen LogP contribution >= 0.6 is 0 Å². The Morgan fingerprint density at radius 3 is 2.81 bits per heavy atom. The molecule has 0 radical (unpaired) electrons. The second-order valence-electron chi connectivity index (χ2n) is 3.36. The number of aryl methyl sites for hydroxylation is 1. The Labute approximate surface area is 92.5 Å². The zero-order valence-corrected chi connectivity index (χ0v) is 9.01. The molecule has 7 heteroatoms. The number of rotatable bonds is 6. The first-order valence-electron chi connectivity index (χ1n) is 4.91. The molecule has 7 nitrogen and oxygen atoms in total. The van der Waals surface area contributed by atoms with E-state index in [1.54, 1.807) is 18.1 Å². The zero-order chi connectivity index (χ0) is 12.0. The van der Waals surface area contributed by atoms with Crippen molar-refractivity contribution in [2.45, 2.75) is 25.8 Å². The predicted octanol–water partition coefficient (Wildman–Crippen LogP) is -0.314. The second-order valence-corrected chi connectivity index (χ2v) is 3.36. The van der Waals surface area contributed by atoms with Gasteiger partial charge in [-0.1, -0.05) is 0 Å². The maximum atomic E-state index is 11.2. The number of hydrogen-bond donors (Lipinski definition) is 2. The van der Waals surface area contributed by atoms with E-state index >= 15 is 0 Å². The first kappa shape index (κ1) is 12.2. The van der Waals surface area contributed by atoms with E-state index in [4.69, 9.17) is 5.11 Å². The van der Waals surface area contributed by atoms with Gasteiger partial charge in [0.25, 0.3) is 0 Å². The molecule has 0 spiro atoms. The summed E-state index contributed by atoms with van der Waals surface area (Å²) in [5.41, 5.74) is 0. The van der Waals surface area contributed by atoms with Crippen molar-refractivity contribution in [1.29, 1.82) is 0 Å². The topological polar surface area (TPSA) is 97.1 Å². The van der Waals surface area contributed by atoms with E-state index in [0.29, 0.717) is 12.2 Å². The van der Waals surface area contributed by atoms with Crippen LogP contribution in [0.3, 0.4) is 0 Å². The first-order valence-corrected chi connectivity index (χ1v) is 4.91. The summed E-state index contributed by atoms with van der Waals surface area (Å²) in [5.74, 6) is -0.540. The van der Waals surface area contributed by atoms with Gasteiger partial charge < -0.3 is 10.4 Å². The van der Waals surface area contributed by atoms with Gasteiger partial charge in [0, 0.05) is 19.9 Å². The summed E-state index contributed by atoms with van der Waals surface area (Å²) in [6.45, 7) is 0.271. The molecule has 0 aliphatic carbocycles. The SMILES string of the molecule is Cn1cnc(CNC(=O)CCCC(=O)O)n1. The van der Waals surface area contributed by atoms with Gasteiger partial charge in [-0.3, -0.25) is 14.3 Å². The maximum Gasteiger partial charge on any atom is 0.303 e. The molecular formula is C9H14N4O3. The highest BCUT2D eigenvalue weighted by Crippen LogP contribution is 1.95. The highest BCUT2D eigenvalue weighted by atomic mass is 16.4. The average molecular weight is 226 g/mol. The minimum absolute atomic E-state index is 0.00918. The van der Waals surface area contributed by atoms with Gasteiger partial charge in [0.05, 0.1) is 6.54 Å². The molecule has 1 amide bonds. The quantitative estimate of drug-likeness (QED) is 0.693. The van der Waals surface area contributed by atoms with Gasteiger partial charge in [-0.05, 0) is 6.42 Å². The highest BCUT2D eigenvalue weighted by molar-refractivity contribution is 5.76. The van der Waals surface area contributed by atoms with Crippen LogP contribution in [0.1, 0.15) is 25.1 Å². The highest BCUT2D eigenvalue weighted by Gasteiger charge is 2.05. The van der Waals surface area contributed by atoms with E-state index in [9.17, 15) is 9.59 Å². The van der Waals surface area contributed by atoms with Gasteiger partial charge in [-0.15, -0.1) is 0 Å². The number of carboxylic acids is 1. The van der Waals surface area contributed by atoms with Crippen LogP contribution in [0.5, 0.6) is 0 Å². The van der Waals surface area contributed by atoms with Crippen LogP contribution in [0.2, 0.25) is 0 Å². The minimum atomic E-state index is -0.890. The molecule has 88 valence electrons. The molecule has 0 saturated carbocycles. The molecule has 1 rings (SSSR count). The lowest BCUT2D eigenvalue weighted by Gasteiger charge is -2.01. The van der Waals surface area contributed by atoms with Gasteiger partial charge >= 0.3 is 5.97 Å². The Hall–Kier alpha value is -1.92. The van der Waals surface area contributed by atoms with Crippen LogP contribution in [-0.2, 0) is 23.2 Å². The van der Waals surface area contributed by atoms with E-state index in [2.05, 4.69) is 15.4 Å². The summed E-state index contributed by atoms with van der Waals surface area (Å²) in [6, 6.07) is 0. The molecule has 0 atom stereocenters. The number of hydrogen-bond acceptors (Lipinski definition) is 4. The third kappa shape index (κ3) is 4.54. The Morgan fingerprint density at radius 2 is 2.25 bits per heavy atom. The van der Waals surface area contributed by atoms with E-state index in [1.165, 1.54) is 0 Å². The third-order valence-electron chi connectivity index (χ3n) is 1.89. The van der Waals surface area contributed by atoms with Crippen molar-refractivity contribution >= 4 is 11.9 Å². The molecule has 0 saturated heterocycles. The number of amides is 1. The fourth-order valence-electron chi connectivity index (χ4n) is 1.13. The molecule has 1 aromatic rings. The molecular weight excluding hydrogens is 212 g/mol. The smallest absolute Gasteiger partial charge is 0.303 e. The third-order valence-corrected chi connectivity index (χ3v) is 1.89. The van der Waals surface area contributed by atoms with Crippen molar-refractivity contribution in [3.05, 3.63) is 12.2 Å². The fraction of sp³-hybridized carbons (Fsp3) is 0.556. The van der Waals surface area contributed by atoms with Crippen molar-refractivity contribution < 1.29 is 14.7 Å². The number of carbonyl (C=O) groups is 2. The van der Waals surface area contributed by atoms with Crippen LogP contribution in [0, 0.1) is 0 Å². The first-order chi connectivity index (χ1) is 7.58. The Kier molecular flexibility index (Phi) is 4.43. The molecule has 0 fully saturated rings. The van der Waals surface area contributed by atoms with Crippen LogP contribution in [0.15, 0.2) is 6.33 Å². The molecule has 0 aliphatic rings. The number of aliphatic carboxylic acids is 1. The summed E-state index contributed by atoms with van der Waals surface area (Å²) < 4.78 is 1.55. The minimum Gasteiger partial charge on any atom is -0.481 e. The lowest BCUT2D eigenvalue weighted by atomic mass is 10.2. The standard InChI is InChI=1S/C9H14N4O3/c1-13-6-11-7(12-13)5-10-8(14)3-2-4-9(15)16/h6H,2-5H2,1H3,(H,10,14)(H,15,16). The van der Waals surface area contributed by atoms with Crippen molar-refractivity contribution in [3.8, 4) is 0 Å². The van der Waals surface area contributed by atoms with E-state index < -0.39 is 5.97 Å². The number of carbonyl (C=O) groups excluding carboxylic acids is 1. The second kappa shape index (κ2) is 5.84. The summed E-state index contributed by atoms with van der Waals surface area (Å²) in [5, 5.41) is 15.0. The number of nitrogens with zero attached hydrogens (tertiary/aromatic N) is 3. The van der Waals surface area contributed by atoms with Crippen molar-refractivity contribution in [1.82, 2.24) is 20.1 Å². The lowest BCUT2D eigenvalue weighted by molar-refractivity contribution is -0.137. The fourth-order valence-corrected chi connectivity index (χ4v) is 1.13. The van der Waals surface area contributed by atoms with Crippen LogP contribution in [0.4, 0.5) is 0 Å². The van der Waals surface area contributed by atoms with E-state index in [-0.39, 0.29) is 25.3 Å². The average Bonchev–Trinajstić information content (AvgIpc) is 2.61. The summed E-state index contributed by atoms with van der Waals surface area (Å²) in [4.78, 5) is 25.4. The van der Waals surface area contributed by atoms with E-state index in [0.717, 1.165) is 0 Å². The van der Waals surface area contributed by atoms with Gasteiger partial charge in [-0.2, -0.15) is 5.10 Å². The van der Waals surface area contributed by atoms with Gasteiger partial charge in [-0.25, -0.2) is 4.98 Å². The van der Waals surface area contributed by atoms with Gasteiger partial charge in [0.15, 0.2) is 5.82 Å². The monoisotopic (exact) mass is 226 g/mol. The Bertz CT molecular complexity index is 375. The molecule has 0 unspecified atom stereocenters. The molecule has 16 heavy (non-hydrogen) atoms. The van der Waals surface area contributed by atoms with Crippen molar-refractivity contribution in [2.24, 2.45) is 7.05 Å². The molecule has 1 heterocycles. The summed E-state index contributed by atoms with van der Waals surface area (Å²) in [7, 11) is 1.74. The number of carboxylic acid groups (broad SMARTS) is 1.